The number of amides is 2. The van der Waals surface area contributed by atoms with Gasteiger partial charge in [-0.25, -0.2) is 0 Å². The summed E-state index contributed by atoms with van der Waals surface area (Å²) in [7, 11) is 1.58. The zero-order valence-corrected chi connectivity index (χ0v) is 13.5. The van der Waals surface area contributed by atoms with Gasteiger partial charge in [-0.05, 0) is 31.7 Å². The van der Waals surface area contributed by atoms with Crippen LogP contribution in [-0.2, 0) is 20.9 Å². The van der Waals surface area contributed by atoms with Crippen LogP contribution in [0.1, 0.15) is 43.7 Å². The lowest BCUT2D eigenvalue weighted by atomic mass is 9.92. The molecular weight excluding hydrogens is 296 g/mol. The van der Waals surface area contributed by atoms with Crippen LogP contribution in [-0.4, -0.2) is 52.3 Å². The van der Waals surface area contributed by atoms with Gasteiger partial charge in [-0.15, -0.1) is 0 Å². The third kappa shape index (κ3) is 3.39. The molecule has 7 heteroatoms. The highest BCUT2D eigenvalue weighted by molar-refractivity contribution is 5.80. The van der Waals surface area contributed by atoms with Crippen molar-refractivity contribution in [3.05, 3.63) is 18.0 Å². The number of carbonyl (C=O) groups excluding carboxylic acids is 2. The first-order valence-corrected chi connectivity index (χ1v) is 8.15. The lowest BCUT2D eigenvalue weighted by molar-refractivity contribution is -0.140. The van der Waals surface area contributed by atoms with Gasteiger partial charge in [0.15, 0.2) is 0 Å². The average Bonchev–Trinajstić information content (AvgIpc) is 3.10. The Morgan fingerprint density at radius 1 is 1.48 bits per heavy atom. The van der Waals surface area contributed by atoms with E-state index >= 15 is 0 Å². The lowest BCUT2D eigenvalue weighted by Gasteiger charge is -2.37. The van der Waals surface area contributed by atoms with Crippen LogP contribution in [0, 0.1) is 0 Å². The lowest BCUT2D eigenvalue weighted by Crippen LogP contribution is -2.53. The quantitative estimate of drug-likeness (QED) is 0.798. The molecule has 0 spiro atoms. The van der Waals surface area contributed by atoms with E-state index in [0.29, 0.717) is 19.1 Å². The first-order chi connectivity index (χ1) is 11.0. The van der Waals surface area contributed by atoms with Crippen molar-refractivity contribution in [2.24, 2.45) is 5.73 Å². The fraction of sp³-hybridized carbons (Fsp3) is 0.688. The molecule has 1 unspecified atom stereocenters. The molecule has 1 aromatic heterocycles. The maximum absolute atomic E-state index is 12.7. The monoisotopic (exact) mass is 320 g/mol. The number of ether oxygens (including phenoxy) is 1. The van der Waals surface area contributed by atoms with Crippen molar-refractivity contribution in [1.29, 1.82) is 0 Å². The van der Waals surface area contributed by atoms with Gasteiger partial charge in [-0.3, -0.25) is 14.3 Å². The summed E-state index contributed by atoms with van der Waals surface area (Å²) in [4.78, 5) is 26.0. The second-order valence-electron chi connectivity index (χ2n) is 6.66. The normalized spacial score (nSPS) is 24.1. The molecule has 2 fully saturated rings. The Morgan fingerprint density at radius 3 is 2.91 bits per heavy atom. The summed E-state index contributed by atoms with van der Waals surface area (Å²) in [5, 5.41) is 4.48. The molecular formula is C16H24N4O3. The highest BCUT2D eigenvalue weighted by Gasteiger charge is 2.44. The van der Waals surface area contributed by atoms with Gasteiger partial charge in [0.2, 0.25) is 11.8 Å². The van der Waals surface area contributed by atoms with Crippen LogP contribution in [0.4, 0.5) is 0 Å². The maximum atomic E-state index is 12.7. The first kappa shape index (κ1) is 16.0. The van der Waals surface area contributed by atoms with E-state index in [1.165, 1.54) is 12.8 Å². The van der Waals surface area contributed by atoms with E-state index < -0.39 is 11.4 Å². The van der Waals surface area contributed by atoms with Crippen molar-refractivity contribution in [3.8, 4) is 0 Å². The highest BCUT2D eigenvalue weighted by Crippen LogP contribution is 2.39. The van der Waals surface area contributed by atoms with Crippen molar-refractivity contribution in [1.82, 2.24) is 14.7 Å². The number of carbonyl (C=O) groups is 2. The van der Waals surface area contributed by atoms with E-state index in [0.717, 1.165) is 18.5 Å². The number of nitrogens with zero attached hydrogens (tertiary/aromatic N) is 3. The standard InChI is InChI=1S/C16H24N4O3/c1-23-11-16(9-14(17)21)6-2-7-20(16)15(22)10-19-8-5-13(18-19)12-3-4-12/h5,8,12H,2-4,6-7,9-11H2,1H3,(H2,17,21). The van der Waals surface area contributed by atoms with Gasteiger partial charge in [0.1, 0.15) is 6.54 Å². The Hall–Kier alpha value is -1.89. The van der Waals surface area contributed by atoms with Gasteiger partial charge in [0.25, 0.3) is 0 Å². The van der Waals surface area contributed by atoms with Gasteiger partial charge in [0, 0.05) is 25.8 Å². The molecule has 2 N–H and O–H groups in total. The van der Waals surface area contributed by atoms with Crippen LogP contribution >= 0.6 is 0 Å². The minimum atomic E-state index is -0.607. The van der Waals surface area contributed by atoms with E-state index in [1.54, 1.807) is 16.7 Å². The Kier molecular flexibility index (Phi) is 4.39. The molecule has 2 heterocycles. The van der Waals surface area contributed by atoms with Crippen LogP contribution in [0.15, 0.2) is 12.3 Å². The second kappa shape index (κ2) is 6.31. The topological polar surface area (TPSA) is 90.5 Å². The number of hydrogen-bond acceptors (Lipinski definition) is 4. The summed E-state index contributed by atoms with van der Waals surface area (Å²) in [5.41, 5.74) is 5.86. The van der Waals surface area contributed by atoms with Crippen molar-refractivity contribution in [2.45, 2.75) is 50.1 Å². The zero-order valence-electron chi connectivity index (χ0n) is 13.5. The summed E-state index contributed by atoms with van der Waals surface area (Å²) >= 11 is 0. The van der Waals surface area contributed by atoms with E-state index in [4.69, 9.17) is 10.5 Å². The molecule has 3 rings (SSSR count). The molecule has 0 radical (unpaired) electrons. The van der Waals surface area contributed by atoms with E-state index in [2.05, 4.69) is 5.10 Å². The summed E-state index contributed by atoms with van der Waals surface area (Å²) in [6.07, 6.45) is 5.96. The number of hydrogen-bond donors (Lipinski definition) is 1. The largest absolute Gasteiger partial charge is 0.382 e. The van der Waals surface area contributed by atoms with Crippen molar-refractivity contribution >= 4 is 11.8 Å². The summed E-state index contributed by atoms with van der Waals surface area (Å²) < 4.78 is 6.97. The molecule has 2 aliphatic rings. The second-order valence-corrected chi connectivity index (χ2v) is 6.66. The van der Waals surface area contributed by atoms with Crippen LogP contribution < -0.4 is 5.73 Å². The SMILES string of the molecule is COCC1(CC(N)=O)CCCN1C(=O)Cn1ccc(C2CC2)n1. The van der Waals surface area contributed by atoms with Crippen LogP contribution in [0.3, 0.4) is 0 Å². The van der Waals surface area contributed by atoms with Crippen molar-refractivity contribution in [3.63, 3.8) is 0 Å². The molecule has 1 aliphatic heterocycles. The van der Waals surface area contributed by atoms with Gasteiger partial charge in [-0.2, -0.15) is 5.10 Å². The number of methoxy groups -OCH3 is 1. The maximum Gasteiger partial charge on any atom is 0.244 e. The van der Waals surface area contributed by atoms with Crippen molar-refractivity contribution in [2.75, 3.05) is 20.3 Å². The molecule has 0 bridgehead atoms. The molecule has 23 heavy (non-hydrogen) atoms. The highest BCUT2D eigenvalue weighted by atomic mass is 16.5. The molecule has 1 aliphatic carbocycles. The smallest absolute Gasteiger partial charge is 0.244 e. The molecule has 7 nitrogen and oxygen atoms in total. The third-order valence-corrected chi connectivity index (χ3v) is 4.77. The molecule has 126 valence electrons. The van der Waals surface area contributed by atoms with Crippen molar-refractivity contribution < 1.29 is 14.3 Å². The molecule has 2 amide bonds. The fourth-order valence-electron chi connectivity index (χ4n) is 3.59. The summed E-state index contributed by atoms with van der Waals surface area (Å²) in [5.74, 6) is 0.128. The van der Waals surface area contributed by atoms with Gasteiger partial charge >= 0.3 is 0 Å². The van der Waals surface area contributed by atoms with E-state index in [1.807, 2.05) is 12.3 Å². The zero-order chi connectivity index (χ0) is 16.4. The predicted molar refractivity (Wildman–Crippen MR) is 83.6 cm³/mol. The molecule has 1 saturated carbocycles. The average molecular weight is 320 g/mol. The number of primary amides is 1. The summed E-state index contributed by atoms with van der Waals surface area (Å²) in [6.45, 7) is 1.15. The number of aromatic nitrogens is 2. The van der Waals surface area contributed by atoms with Crippen LogP contribution in [0.5, 0.6) is 0 Å². The van der Waals surface area contributed by atoms with Crippen LogP contribution in [0.2, 0.25) is 0 Å². The summed E-state index contributed by atoms with van der Waals surface area (Å²) in [6, 6.07) is 1.99. The first-order valence-electron chi connectivity index (χ1n) is 8.15. The Morgan fingerprint density at radius 2 is 2.26 bits per heavy atom. The van der Waals surface area contributed by atoms with Crippen LogP contribution in [0.25, 0.3) is 0 Å². The number of nitrogens with two attached hydrogens (primary N) is 1. The minimum absolute atomic E-state index is 0.0359. The molecule has 1 aromatic rings. The number of likely N-dealkylation sites (tertiary alicyclic amines) is 1. The van der Waals surface area contributed by atoms with Gasteiger partial charge in [-0.1, -0.05) is 0 Å². The third-order valence-electron chi connectivity index (χ3n) is 4.77. The Bertz CT molecular complexity index is 596. The Labute approximate surface area is 135 Å². The fourth-order valence-corrected chi connectivity index (χ4v) is 3.59. The molecule has 1 saturated heterocycles. The predicted octanol–water partition coefficient (Wildman–Crippen LogP) is 0.644. The van der Waals surface area contributed by atoms with Gasteiger partial charge < -0.3 is 15.4 Å². The number of rotatable bonds is 7. The van der Waals surface area contributed by atoms with E-state index in [9.17, 15) is 9.59 Å². The van der Waals surface area contributed by atoms with E-state index in [-0.39, 0.29) is 18.9 Å². The molecule has 0 aromatic carbocycles. The Balaban J connectivity index is 1.71. The van der Waals surface area contributed by atoms with Gasteiger partial charge in [0.05, 0.1) is 24.3 Å². The molecule has 1 atom stereocenters. The minimum Gasteiger partial charge on any atom is -0.382 e.